The topological polar surface area (TPSA) is 0 Å². The largest absolute Gasteiger partial charge is 0.198 e. The molecule has 0 saturated carbocycles. The Labute approximate surface area is 93.9 Å². The standard InChI is InChI=1S/C11H15.Zr/c1-8-7-9(2)11-6-4-3-5-10(8)11;/h7H,3-6H2,1-2H3;/q-1;. The number of rotatable bonds is 0. The second-order valence-corrected chi connectivity index (χ2v) is 3.67. The normalized spacial score (nSPS) is 15.2. The maximum Gasteiger partial charge on any atom is 0 e. The van der Waals surface area contributed by atoms with Crippen LogP contribution in [0.25, 0.3) is 0 Å². The molecule has 0 unspecified atom stereocenters. The molecule has 0 N–H and O–H groups in total. The van der Waals surface area contributed by atoms with E-state index < -0.39 is 0 Å². The van der Waals surface area contributed by atoms with Gasteiger partial charge in [0.05, 0.1) is 0 Å². The molecule has 0 aromatic heterocycles. The second kappa shape index (κ2) is 3.96. The molecule has 0 atom stereocenters. The fourth-order valence-corrected chi connectivity index (χ4v) is 2.27. The molecule has 0 fully saturated rings. The van der Waals surface area contributed by atoms with Crippen molar-refractivity contribution >= 4 is 0 Å². The molecule has 1 aromatic rings. The maximum absolute atomic E-state index is 2.34. The molecule has 1 aliphatic rings. The molecule has 64 valence electrons. The van der Waals surface area contributed by atoms with Gasteiger partial charge in [-0.25, -0.2) is 0 Å². The first kappa shape index (κ1) is 10.3. The van der Waals surface area contributed by atoms with Crippen LogP contribution in [-0.2, 0) is 39.0 Å². The van der Waals surface area contributed by atoms with Gasteiger partial charge in [0.15, 0.2) is 0 Å². The molecule has 2 rings (SSSR count). The number of hydrogen-bond donors (Lipinski definition) is 0. The maximum atomic E-state index is 2.34. The van der Waals surface area contributed by atoms with Gasteiger partial charge >= 0.3 is 0 Å². The Balaban J connectivity index is 0.000000720. The average Bonchev–Trinajstić information content (AvgIpc) is 2.30. The molecule has 0 bridgehead atoms. The van der Waals surface area contributed by atoms with Crippen LogP contribution in [-0.4, -0.2) is 0 Å². The summed E-state index contributed by atoms with van der Waals surface area (Å²) >= 11 is 0. The number of fused-ring (bicyclic) bond motifs is 1. The van der Waals surface area contributed by atoms with E-state index in [9.17, 15) is 0 Å². The van der Waals surface area contributed by atoms with E-state index in [4.69, 9.17) is 0 Å². The van der Waals surface area contributed by atoms with E-state index in [1.165, 1.54) is 36.8 Å². The molecule has 0 spiro atoms. The first-order valence-corrected chi connectivity index (χ1v) is 4.53. The fraction of sp³-hybridized carbons (Fsp3) is 0.545. The average molecular weight is 238 g/mol. The fourth-order valence-electron chi connectivity index (χ4n) is 2.27. The second-order valence-electron chi connectivity index (χ2n) is 3.67. The Morgan fingerprint density at radius 1 is 1.25 bits per heavy atom. The van der Waals surface area contributed by atoms with Crippen molar-refractivity contribution in [3.05, 3.63) is 28.3 Å². The third-order valence-electron chi connectivity index (χ3n) is 2.85. The van der Waals surface area contributed by atoms with Gasteiger partial charge in [-0.1, -0.05) is 39.5 Å². The summed E-state index contributed by atoms with van der Waals surface area (Å²) < 4.78 is 0. The van der Waals surface area contributed by atoms with Crippen molar-refractivity contribution in [2.24, 2.45) is 0 Å². The van der Waals surface area contributed by atoms with Crippen molar-refractivity contribution < 1.29 is 26.2 Å². The van der Waals surface area contributed by atoms with Crippen molar-refractivity contribution in [3.8, 4) is 0 Å². The van der Waals surface area contributed by atoms with E-state index >= 15 is 0 Å². The smallest absolute Gasteiger partial charge is 0 e. The SMILES string of the molecule is Cc1c[c-](C)c2c1CCCC2.[Zr]. The Kier molecular flexibility index (Phi) is 3.40. The Morgan fingerprint density at radius 2 is 1.92 bits per heavy atom. The molecule has 0 saturated heterocycles. The van der Waals surface area contributed by atoms with E-state index in [2.05, 4.69) is 19.9 Å². The van der Waals surface area contributed by atoms with Crippen LogP contribution in [0.2, 0.25) is 0 Å². The van der Waals surface area contributed by atoms with Crippen molar-refractivity contribution in [2.45, 2.75) is 39.5 Å². The van der Waals surface area contributed by atoms with E-state index in [0.29, 0.717) is 0 Å². The van der Waals surface area contributed by atoms with Crippen LogP contribution in [0.3, 0.4) is 0 Å². The molecule has 0 aliphatic heterocycles. The predicted molar refractivity (Wildman–Crippen MR) is 48.2 cm³/mol. The van der Waals surface area contributed by atoms with Crippen molar-refractivity contribution in [2.75, 3.05) is 0 Å². The summed E-state index contributed by atoms with van der Waals surface area (Å²) in [5.41, 5.74) is 6.37. The molecule has 12 heavy (non-hydrogen) atoms. The van der Waals surface area contributed by atoms with Crippen molar-refractivity contribution in [1.82, 2.24) is 0 Å². The molecule has 1 heteroatoms. The number of hydrogen-bond acceptors (Lipinski definition) is 0. The summed E-state index contributed by atoms with van der Waals surface area (Å²) in [7, 11) is 0. The zero-order chi connectivity index (χ0) is 7.84. The minimum Gasteiger partial charge on any atom is -0.198 e. The minimum atomic E-state index is 0. The molecule has 0 radical (unpaired) electrons. The zero-order valence-corrected chi connectivity index (χ0v) is 10.4. The molecule has 0 heterocycles. The first-order chi connectivity index (χ1) is 5.29. The predicted octanol–water partition coefficient (Wildman–Crippen LogP) is 2.90. The Bertz CT molecular complexity index is 244. The van der Waals surface area contributed by atoms with Gasteiger partial charge in [-0.15, -0.1) is 0 Å². The van der Waals surface area contributed by atoms with Gasteiger partial charge < -0.3 is 0 Å². The minimum absolute atomic E-state index is 0. The van der Waals surface area contributed by atoms with Gasteiger partial charge in [0.2, 0.25) is 0 Å². The quantitative estimate of drug-likeness (QED) is 0.610. The van der Waals surface area contributed by atoms with Gasteiger partial charge in [-0.3, -0.25) is 0 Å². The van der Waals surface area contributed by atoms with E-state index in [0.717, 1.165) is 0 Å². The van der Waals surface area contributed by atoms with Gasteiger partial charge in [0.1, 0.15) is 0 Å². The number of aryl methyl sites for hydroxylation is 2. The van der Waals surface area contributed by atoms with Gasteiger partial charge in [0.25, 0.3) is 0 Å². The van der Waals surface area contributed by atoms with Crippen LogP contribution in [0.4, 0.5) is 0 Å². The van der Waals surface area contributed by atoms with Gasteiger partial charge in [-0.05, 0) is 0 Å². The third kappa shape index (κ3) is 1.62. The molecule has 0 amide bonds. The van der Waals surface area contributed by atoms with Crippen LogP contribution in [0.1, 0.15) is 35.1 Å². The summed E-state index contributed by atoms with van der Waals surface area (Å²) in [5.74, 6) is 0. The van der Waals surface area contributed by atoms with Crippen LogP contribution in [0.15, 0.2) is 6.07 Å². The van der Waals surface area contributed by atoms with Crippen LogP contribution in [0, 0.1) is 13.8 Å². The van der Waals surface area contributed by atoms with Gasteiger partial charge in [-0.2, -0.15) is 28.3 Å². The summed E-state index contributed by atoms with van der Waals surface area (Å²) in [5, 5.41) is 0. The summed E-state index contributed by atoms with van der Waals surface area (Å²) in [6, 6.07) is 2.34. The first-order valence-electron chi connectivity index (χ1n) is 4.53. The van der Waals surface area contributed by atoms with Crippen LogP contribution >= 0.6 is 0 Å². The van der Waals surface area contributed by atoms with Crippen molar-refractivity contribution in [1.29, 1.82) is 0 Å². The van der Waals surface area contributed by atoms with Crippen LogP contribution < -0.4 is 0 Å². The van der Waals surface area contributed by atoms with Crippen molar-refractivity contribution in [3.63, 3.8) is 0 Å². The summed E-state index contributed by atoms with van der Waals surface area (Å²) in [4.78, 5) is 0. The summed E-state index contributed by atoms with van der Waals surface area (Å²) in [6.45, 7) is 4.49. The van der Waals surface area contributed by atoms with E-state index in [1.807, 2.05) is 0 Å². The Morgan fingerprint density at radius 3 is 2.58 bits per heavy atom. The Hall–Kier alpha value is 0.233. The van der Waals surface area contributed by atoms with Crippen LogP contribution in [0.5, 0.6) is 0 Å². The van der Waals surface area contributed by atoms with E-state index in [1.54, 1.807) is 11.1 Å². The molecular formula is C11H15Zr-. The molecular weight excluding hydrogens is 223 g/mol. The molecule has 1 aliphatic carbocycles. The van der Waals surface area contributed by atoms with E-state index in [-0.39, 0.29) is 26.2 Å². The third-order valence-corrected chi connectivity index (χ3v) is 2.85. The van der Waals surface area contributed by atoms with Gasteiger partial charge in [0, 0.05) is 26.2 Å². The summed E-state index contributed by atoms with van der Waals surface area (Å²) in [6.07, 6.45) is 5.46. The monoisotopic (exact) mass is 237 g/mol. The molecule has 1 aromatic carbocycles. The zero-order valence-electron chi connectivity index (χ0n) is 7.91. The molecule has 0 nitrogen and oxygen atoms in total.